The van der Waals surface area contributed by atoms with Crippen LogP contribution in [0, 0.1) is 0 Å². The largest absolute Gasteiger partial charge is 0.494 e. The van der Waals surface area contributed by atoms with E-state index in [4.69, 9.17) is 4.74 Å². The van der Waals surface area contributed by atoms with Crippen molar-refractivity contribution in [1.29, 1.82) is 0 Å². The maximum atomic E-state index is 12.3. The van der Waals surface area contributed by atoms with E-state index in [0.717, 1.165) is 37.1 Å². The number of nitrogens with one attached hydrogen (secondary N) is 1. The minimum atomic E-state index is -4.10. The smallest absolute Gasteiger partial charge is 0.401 e. The van der Waals surface area contributed by atoms with Crippen LogP contribution < -0.4 is 10.1 Å². The number of benzene rings is 1. The number of nitrogens with zero attached hydrogens (tertiary/aromatic N) is 1. The van der Waals surface area contributed by atoms with Gasteiger partial charge in [-0.25, -0.2) is 0 Å². The van der Waals surface area contributed by atoms with Crippen molar-refractivity contribution in [2.75, 3.05) is 26.2 Å². The van der Waals surface area contributed by atoms with Crippen molar-refractivity contribution in [1.82, 2.24) is 10.2 Å². The molecule has 0 amide bonds. The van der Waals surface area contributed by atoms with Crippen molar-refractivity contribution in [3.05, 3.63) is 29.8 Å². The number of halogens is 3. The average molecular weight is 330 g/mol. The van der Waals surface area contributed by atoms with Gasteiger partial charge in [-0.3, -0.25) is 4.90 Å². The maximum Gasteiger partial charge on any atom is 0.401 e. The van der Waals surface area contributed by atoms with Crippen LogP contribution in [0.5, 0.6) is 5.75 Å². The Labute approximate surface area is 135 Å². The van der Waals surface area contributed by atoms with E-state index >= 15 is 0 Å². The van der Waals surface area contributed by atoms with E-state index in [1.165, 1.54) is 4.90 Å². The molecular formula is C17H25F3N2O. The molecule has 2 rings (SSSR count). The summed E-state index contributed by atoms with van der Waals surface area (Å²) in [6.45, 7) is 3.73. The highest BCUT2D eigenvalue weighted by molar-refractivity contribution is 5.27. The fourth-order valence-corrected chi connectivity index (χ4v) is 2.73. The number of hydrogen-bond donors (Lipinski definition) is 1. The van der Waals surface area contributed by atoms with E-state index in [2.05, 4.69) is 12.2 Å². The van der Waals surface area contributed by atoms with Gasteiger partial charge in [0.05, 0.1) is 13.2 Å². The van der Waals surface area contributed by atoms with Crippen LogP contribution in [0.1, 0.15) is 31.7 Å². The SMILES string of the molecule is CCCOc1ccc(CNC2CCN(CC(F)(F)F)CC2)cc1. The highest BCUT2D eigenvalue weighted by atomic mass is 19.4. The summed E-state index contributed by atoms with van der Waals surface area (Å²) in [5.74, 6) is 0.871. The van der Waals surface area contributed by atoms with Crippen molar-refractivity contribution < 1.29 is 17.9 Å². The molecule has 1 N–H and O–H groups in total. The zero-order chi connectivity index (χ0) is 16.7. The molecular weight excluding hydrogens is 305 g/mol. The number of piperidine rings is 1. The molecule has 0 aliphatic carbocycles. The van der Waals surface area contributed by atoms with Crippen LogP contribution in [0.15, 0.2) is 24.3 Å². The molecule has 23 heavy (non-hydrogen) atoms. The molecule has 1 saturated heterocycles. The van der Waals surface area contributed by atoms with Gasteiger partial charge in [0, 0.05) is 12.6 Å². The van der Waals surface area contributed by atoms with Gasteiger partial charge in [-0.05, 0) is 50.0 Å². The molecule has 1 fully saturated rings. The van der Waals surface area contributed by atoms with E-state index in [1.807, 2.05) is 24.3 Å². The lowest BCUT2D eigenvalue weighted by atomic mass is 10.0. The van der Waals surface area contributed by atoms with E-state index < -0.39 is 12.7 Å². The number of alkyl halides is 3. The molecule has 1 aromatic carbocycles. The maximum absolute atomic E-state index is 12.3. The van der Waals surface area contributed by atoms with Gasteiger partial charge < -0.3 is 10.1 Å². The second kappa shape index (κ2) is 8.55. The normalized spacial score (nSPS) is 17.4. The second-order valence-electron chi connectivity index (χ2n) is 6.04. The third-order valence-corrected chi connectivity index (χ3v) is 3.98. The van der Waals surface area contributed by atoms with E-state index in [0.29, 0.717) is 19.7 Å². The standard InChI is InChI=1S/C17H25F3N2O/c1-2-11-23-16-5-3-14(4-6-16)12-21-15-7-9-22(10-8-15)13-17(18,19)20/h3-6,15,21H,2,7-13H2,1H3. The first kappa shape index (κ1) is 18.1. The minimum Gasteiger partial charge on any atom is -0.494 e. The molecule has 0 aromatic heterocycles. The Hall–Kier alpha value is -1.27. The van der Waals surface area contributed by atoms with Crippen LogP contribution >= 0.6 is 0 Å². The van der Waals surface area contributed by atoms with Gasteiger partial charge in [0.1, 0.15) is 5.75 Å². The van der Waals surface area contributed by atoms with Crippen molar-refractivity contribution in [2.45, 2.75) is 44.9 Å². The number of likely N-dealkylation sites (tertiary alicyclic amines) is 1. The van der Waals surface area contributed by atoms with Gasteiger partial charge in [-0.1, -0.05) is 19.1 Å². The molecule has 1 aliphatic heterocycles. The highest BCUT2D eigenvalue weighted by Crippen LogP contribution is 2.20. The average Bonchev–Trinajstić information content (AvgIpc) is 2.52. The molecule has 1 aromatic rings. The number of hydrogen-bond acceptors (Lipinski definition) is 3. The Balaban J connectivity index is 1.69. The summed E-state index contributed by atoms with van der Waals surface area (Å²) in [7, 11) is 0. The quantitative estimate of drug-likeness (QED) is 0.827. The van der Waals surface area contributed by atoms with E-state index in [1.54, 1.807) is 0 Å². The Kier molecular flexibility index (Phi) is 6.72. The van der Waals surface area contributed by atoms with Gasteiger partial charge in [0.15, 0.2) is 0 Å². The first-order valence-corrected chi connectivity index (χ1v) is 8.20. The van der Waals surface area contributed by atoms with Crippen molar-refractivity contribution in [2.24, 2.45) is 0 Å². The molecule has 0 spiro atoms. The lowest BCUT2D eigenvalue weighted by Gasteiger charge is -2.32. The molecule has 1 heterocycles. The van der Waals surface area contributed by atoms with Crippen molar-refractivity contribution in [3.63, 3.8) is 0 Å². The Morgan fingerprint density at radius 1 is 1.17 bits per heavy atom. The predicted octanol–water partition coefficient (Wildman–Crippen LogP) is 3.59. The lowest BCUT2D eigenvalue weighted by molar-refractivity contribution is -0.148. The summed E-state index contributed by atoms with van der Waals surface area (Å²) in [4.78, 5) is 1.48. The van der Waals surface area contributed by atoms with Crippen molar-refractivity contribution >= 4 is 0 Å². The fourth-order valence-electron chi connectivity index (χ4n) is 2.73. The molecule has 130 valence electrons. The fraction of sp³-hybridized carbons (Fsp3) is 0.647. The number of rotatable bonds is 7. The van der Waals surface area contributed by atoms with Gasteiger partial charge in [-0.2, -0.15) is 13.2 Å². The van der Waals surface area contributed by atoms with Gasteiger partial charge in [0.25, 0.3) is 0 Å². The molecule has 1 aliphatic rings. The first-order valence-electron chi connectivity index (χ1n) is 8.20. The topological polar surface area (TPSA) is 24.5 Å². The third kappa shape index (κ3) is 6.79. The van der Waals surface area contributed by atoms with Crippen LogP contribution in [0.25, 0.3) is 0 Å². The van der Waals surface area contributed by atoms with Gasteiger partial charge in [0.2, 0.25) is 0 Å². The molecule has 0 saturated carbocycles. The van der Waals surface area contributed by atoms with Gasteiger partial charge >= 0.3 is 6.18 Å². The molecule has 0 radical (unpaired) electrons. The molecule has 3 nitrogen and oxygen atoms in total. The summed E-state index contributed by atoms with van der Waals surface area (Å²) < 4.78 is 42.6. The lowest BCUT2D eigenvalue weighted by Crippen LogP contribution is -2.45. The molecule has 6 heteroatoms. The third-order valence-electron chi connectivity index (χ3n) is 3.98. The summed E-state index contributed by atoms with van der Waals surface area (Å²) in [5, 5.41) is 3.44. The number of ether oxygens (including phenoxy) is 1. The Bertz CT molecular complexity index is 454. The van der Waals surface area contributed by atoms with Crippen molar-refractivity contribution in [3.8, 4) is 5.75 Å². The van der Waals surface area contributed by atoms with Crippen LogP contribution in [0.4, 0.5) is 13.2 Å². The summed E-state index contributed by atoms with van der Waals surface area (Å²) >= 11 is 0. The van der Waals surface area contributed by atoms with E-state index in [-0.39, 0.29) is 6.04 Å². The van der Waals surface area contributed by atoms with E-state index in [9.17, 15) is 13.2 Å². The minimum absolute atomic E-state index is 0.288. The van der Waals surface area contributed by atoms with Gasteiger partial charge in [-0.15, -0.1) is 0 Å². The summed E-state index contributed by atoms with van der Waals surface area (Å²) in [5.41, 5.74) is 1.16. The molecule has 0 bridgehead atoms. The summed E-state index contributed by atoms with van der Waals surface area (Å²) in [6.07, 6.45) is -1.60. The van der Waals surface area contributed by atoms with Crippen LogP contribution in [0.2, 0.25) is 0 Å². The zero-order valence-electron chi connectivity index (χ0n) is 13.5. The second-order valence-corrected chi connectivity index (χ2v) is 6.04. The van der Waals surface area contributed by atoms with Crippen LogP contribution in [-0.4, -0.2) is 43.4 Å². The summed E-state index contributed by atoms with van der Waals surface area (Å²) in [6, 6.07) is 8.25. The Morgan fingerprint density at radius 2 is 1.83 bits per heavy atom. The molecule has 0 unspecified atom stereocenters. The first-order chi connectivity index (χ1) is 11.0. The van der Waals surface area contributed by atoms with Crippen LogP contribution in [0.3, 0.4) is 0 Å². The molecule has 0 atom stereocenters. The highest BCUT2D eigenvalue weighted by Gasteiger charge is 2.32. The zero-order valence-corrected chi connectivity index (χ0v) is 13.5. The predicted molar refractivity (Wildman–Crippen MR) is 84.6 cm³/mol. The monoisotopic (exact) mass is 330 g/mol. The Morgan fingerprint density at radius 3 is 2.39 bits per heavy atom. The van der Waals surface area contributed by atoms with Crippen LogP contribution in [-0.2, 0) is 6.54 Å².